The van der Waals surface area contributed by atoms with Crippen LogP contribution in [0.4, 0.5) is 17.1 Å². The maximum absolute atomic E-state index is 2.51. The number of fused-ring (bicyclic) bond motifs is 8. The molecule has 0 aromatic heterocycles. The van der Waals surface area contributed by atoms with Crippen molar-refractivity contribution in [1.82, 2.24) is 0 Å². The van der Waals surface area contributed by atoms with Crippen LogP contribution in [0.1, 0.15) is 11.1 Å². The zero-order valence-electron chi connectivity index (χ0n) is 46.2. The van der Waals surface area contributed by atoms with Gasteiger partial charge in [-0.1, -0.05) is 254 Å². The molecular formula is C82H55N. The molecule has 16 aromatic rings. The van der Waals surface area contributed by atoms with E-state index >= 15 is 0 Å². The van der Waals surface area contributed by atoms with E-state index in [1.165, 1.54) is 147 Å². The Morgan fingerprint density at radius 2 is 0.434 bits per heavy atom. The number of nitrogens with zero attached hydrogens (tertiary/aromatic N) is 1. The van der Waals surface area contributed by atoms with Crippen molar-refractivity contribution in [2.45, 2.75) is 13.8 Å². The highest BCUT2D eigenvalue weighted by Crippen LogP contribution is 2.52. The second kappa shape index (κ2) is 19.6. The average Bonchev–Trinajstić information content (AvgIpc) is 2.21. The minimum Gasteiger partial charge on any atom is -0.309 e. The summed E-state index contributed by atoms with van der Waals surface area (Å²) < 4.78 is 0. The topological polar surface area (TPSA) is 3.24 Å². The first-order chi connectivity index (χ1) is 41.0. The van der Waals surface area contributed by atoms with Gasteiger partial charge in [0.05, 0.1) is 5.69 Å². The SMILES string of the molecule is Cc1ccc(N(c2ccc(C)cc2)c2c3ccccc3c(-c3cc(-c4c5ccccc5c(-c5ccc6ccccc6c5)c5ccccc45)cc(-c4c5ccccc5c(-c5ccc6ccccc6c5)c5ccccc45)c3)c3ccccc23)cc1. The number of hydrogen-bond acceptors (Lipinski definition) is 1. The van der Waals surface area contributed by atoms with E-state index in [2.05, 4.69) is 316 Å². The molecule has 1 heteroatoms. The number of benzene rings is 16. The summed E-state index contributed by atoms with van der Waals surface area (Å²) in [5.41, 5.74) is 17.9. The molecule has 0 saturated heterocycles. The fourth-order valence-electron chi connectivity index (χ4n) is 13.7. The van der Waals surface area contributed by atoms with Crippen LogP contribution in [0.15, 0.2) is 297 Å². The van der Waals surface area contributed by atoms with Crippen LogP contribution in [0.3, 0.4) is 0 Å². The third-order valence-electron chi connectivity index (χ3n) is 17.4. The van der Waals surface area contributed by atoms with Gasteiger partial charge in [-0.25, -0.2) is 0 Å². The van der Waals surface area contributed by atoms with E-state index in [1.807, 2.05) is 0 Å². The summed E-state index contributed by atoms with van der Waals surface area (Å²) in [6, 6.07) is 111. The Morgan fingerprint density at radius 1 is 0.193 bits per heavy atom. The third kappa shape index (κ3) is 7.99. The molecule has 0 fully saturated rings. The van der Waals surface area contributed by atoms with E-state index in [0.717, 1.165) is 22.6 Å². The molecule has 0 heterocycles. The van der Waals surface area contributed by atoms with Gasteiger partial charge in [0.1, 0.15) is 0 Å². The smallest absolute Gasteiger partial charge is 0.0618 e. The normalized spacial score (nSPS) is 11.7. The van der Waals surface area contributed by atoms with Crippen molar-refractivity contribution in [3.05, 3.63) is 308 Å². The predicted molar refractivity (Wildman–Crippen MR) is 358 cm³/mol. The Hall–Kier alpha value is -10.6. The van der Waals surface area contributed by atoms with E-state index in [-0.39, 0.29) is 0 Å². The molecule has 0 bridgehead atoms. The highest BCUT2D eigenvalue weighted by atomic mass is 15.1. The van der Waals surface area contributed by atoms with Gasteiger partial charge < -0.3 is 4.90 Å². The van der Waals surface area contributed by atoms with Gasteiger partial charge in [0.2, 0.25) is 0 Å². The summed E-state index contributed by atoms with van der Waals surface area (Å²) in [5.74, 6) is 0. The van der Waals surface area contributed by atoms with Crippen molar-refractivity contribution in [3.63, 3.8) is 0 Å². The summed E-state index contributed by atoms with van der Waals surface area (Å²) in [4.78, 5) is 2.47. The molecule has 0 saturated carbocycles. The zero-order chi connectivity index (χ0) is 55.1. The lowest BCUT2D eigenvalue weighted by Crippen LogP contribution is -2.11. The lowest BCUT2D eigenvalue weighted by Gasteiger charge is -2.30. The van der Waals surface area contributed by atoms with Crippen molar-refractivity contribution in [1.29, 1.82) is 0 Å². The van der Waals surface area contributed by atoms with E-state index in [9.17, 15) is 0 Å². The third-order valence-corrected chi connectivity index (χ3v) is 17.4. The van der Waals surface area contributed by atoms with Crippen LogP contribution < -0.4 is 4.90 Å². The van der Waals surface area contributed by atoms with Crippen LogP contribution in [-0.4, -0.2) is 0 Å². The quantitative estimate of drug-likeness (QED) is 0.137. The first-order valence-corrected chi connectivity index (χ1v) is 28.9. The van der Waals surface area contributed by atoms with E-state index < -0.39 is 0 Å². The molecule has 0 aliphatic rings. The maximum Gasteiger partial charge on any atom is 0.0618 e. The summed E-state index contributed by atoms with van der Waals surface area (Å²) in [5, 5.41) is 19.5. The van der Waals surface area contributed by atoms with Crippen LogP contribution in [0.5, 0.6) is 0 Å². The van der Waals surface area contributed by atoms with Crippen LogP contribution in [0, 0.1) is 13.8 Å². The molecule has 0 unspecified atom stereocenters. The maximum atomic E-state index is 2.51. The van der Waals surface area contributed by atoms with Crippen molar-refractivity contribution >= 4 is 103 Å². The minimum absolute atomic E-state index is 1.11. The zero-order valence-corrected chi connectivity index (χ0v) is 46.2. The molecule has 0 N–H and O–H groups in total. The van der Waals surface area contributed by atoms with Crippen LogP contribution in [-0.2, 0) is 0 Å². The second-order valence-corrected chi connectivity index (χ2v) is 22.4. The van der Waals surface area contributed by atoms with Gasteiger partial charge in [-0.05, 0) is 199 Å². The molecule has 0 radical (unpaired) electrons. The van der Waals surface area contributed by atoms with E-state index in [0.29, 0.717) is 0 Å². The lowest BCUT2D eigenvalue weighted by atomic mass is 9.81. The predicted octanol–water partition coefficient (Wildman–Crippen LogP) is 23.3. The summed E-state index contributed by atoms with van der Waals surface area (Å²) in [6.07, 6.45) is 0. The summed E-state index contributed by atoms with van der Waals surface area (Å²) in [7, 11) is 0. The number of aryl methyl sites for hydroxylation is 2. The average molecular weight is 1050 g/mol. The molecule has 0 spiro atoms. The molecule has 0 aliphatic heterocycles. The Bertz CT molecular complexity index is 4840. The van der Waals surface area contributed by atoms with Crippen molar-refractivity contribution in [2.75, 3.05) is 4.90 Å². The van der Waals surface area contributed by atoms with Gasteiger partial charge in [-0.3, -0.25) is 0 Å². The molecule has 0 aliphatic carbocycles. The first-order valence-electron chi connectivity index (χ1n) is 28.9. The fraction of sp³-hybridized carbons (Fsp3) is 0.0244. The molecule has 0 atom stereocenters. The second-order valence-electron chi connectivity index (χ2n) is 22.4. The van der Waals surface area contributed by atoms with Gasteiger partial charge in [0.25, 0.3) is 0 Å². The van der Waals surface area contributed by atoms with Crippen molar-refractivity contribution in [3.8, 4) is 55.6 Å². The number of hydrogen-bond donors (Lipinski definition) is 0. The van der Waals surface area contributed by atoms with Gasteiger partial charge in [0, 0.05) is 22.1 Å². The first kappa shape index (κ1) is 48.3. The number of anilines is 3. The molecule has 16 rings (SSSR count). The molecule has 0 amide bonds. The molecule has 16 aromatic carbocycles. The standard InChI is InChI=1S/C82H55N/c1-52-35-43-63(44-36-52)83(64-45-37-53(2)38-46-64)82-75-33-17-15-31-73(75)81(74-32-16-18-34-76(74)82)62-50-60(79-69-27-11-7-23-65(69)77(66-24-8-12-28-70(66)79)58-41-39-54-19-3-5-21-56(54)47-58)49-61(51-62)80-71-29-13-9-25-67(71)78(68-26-10-14-30-72(68)80)59-42-40-55-20-4-6-22-57(55)48-59/h3-51H,1-2H3. The molecule has 388 valence electrons. The Balaban J connectivity index is 1.03. The van der Waals surface area contributed by atoms with Crippen LogP contribution in [0.25, 0.3) is 142 Å². The van der Waals surface area contributed by atoms with Crippen molar-refractivity contribution in [2.24, 2.45) is 0 Å². The summed E-state index contributed by atoms with van der Waals surface area (Å²) >= 11 is 0. The monoisotopic (exact) mass is 1050 g/mol. The molecule has 1 nitrogen and oxygen atoms in total. The van der Waals surface area contributed by atoms with Gasteiger partial charge in [0.15, 0.2) is 0 Å². The van der Waals surface area contributed by atoms with E-state index in [1.54, 1.807) is 0 Å². The Labute approximate surface area is 483 Å². The van der Waals surface area contributed by atoms with Gasteiger partial charge in [-0.2, -0.15) is 0 Å². The molecule has 83 heavy (non-hydrogen) atoms. The summed E-state index contributed by atoms with van der Waals surface area (Å²) in [6.45, 7) is 4.33. The van der Waals surface area contributed by atoms with E-state index in [4.69, 9.17) is 0 Å². The largest absolute Gasteiger partial charge is 0.309 e. The minimum atomic E-state index is 1.11. The fourth-order valence-corrected chi connectivity index (χ4v) is 13.7. The van der Waals surface area contributed by atoms with Gasteiger partial charge >= 0.3 is 0 Å². The van der Waals surface area contributed by atoms with Gasteiger partial charge in [-0.15, -0.1) is 0 Å². The number of rotatable bonds is 8. The van der Waals surface area contributed by atoms with Crippen LogP contribution in [0.2, 0.25) is 0 Å². The highest BCUT2D eigenvalue weighted by molar-refractivity contribution is 6.27. The lowest BCUT2D eigenvalue weighted by molar-refractivity contribution is 1.29. The molecular weight excluding hydrogens is 999 g/mol. The van der Waals surface area contributed by atoms with Crippen molar-refractivity contribution < 1.29 is 0 Å². The highest BCUT2D eigenvalue weighted by Gasteiger charge is 2.26. The Kier molecular flexibility index (Phi) is 11.4. The Morgan fingerprint density at radius 3 is 0.735 bits per heavy atom. The van der Waals surface area contributed by atoms with Crippen LogP contribution >= 0.6 is 0 Å².